The number of rotatable bonds is 2. The second kappa shape index (κ2) is 7.68. The van der Waals surface area contributed by atoms with E-state index in [-0.39, 0.29) is 14.1 Å². The van der Waals surface area contributed by atoms with Crippen LogP contribution in [0.3, 0.4) is 0 Å². The number of nitrogens with zero attached hydrogens (tertiary/aromatic N) is 2. The van der Waals surface area contributed by atoms with E-state index >= 15 is 0 Å². The molecule has 1 fully saturated rings. The Kier molecular flexibility index (Phi) is 7.91. The molecular formula is C12H27AlN2. The molecule has 0 bridgehead atoms. The zero-order chi connectivity index (χ0) is 12.0. The Morgan fingerprint density at radius 2 is 1.13 bits per heavy atom. The first-order chi connectivity index (χ1) is 6.84. The van der Waals surface area contributed by atoms with Crippen molar-refractivity contribution in [2.24, 2.45) is 0 Å². The van der Waals surface area contributed by atoms with E-state index in [2.05, 4.69) is 61.5 Å². The summed E-state index contributed by atoms with van der Waals surface area (Å²) >= 11 is -0.139. The summed E-state index contributed by atoms with van der Waals surface area (Å²) in [4.78, 5) is 4.53. The fraction of sp³-hybridized carbons (Fsp3) is 0.917. The van der Waals surface area contributed by atoms with E-state index in [1.54, 1.807) is 0 Å². The molecule has 3 heteroatoms. The number of hydrogen-bond acceptors (Lipinski definition) is 2. The highest BCUT2D eigenvalue weighted by molar-refractivity contribution is 6.54. The lowest BCUT2D eigenvalue weighted by molar-refractivity contribution is 0.255. The van der Waals surface area contributed by atoms with Crippen molar-refractivity contribution in [2.75, 3.05) is 13.1 Å². The molecule has 15 heavy (non-hydrogen) atoms. The van der Waals surface area contributed by atoms with E-state index in [0.717, 1.165) is 13.1 Å². The third kappa shape index (κ3) is 7.36. The average Bonchev–Trinajstić information content (AvgIpc) is 2.49. The fourth-order valence-corrected chi connectivity index (χ4v) is 1.23. The monoisotopic (exact) mass is 226 g/mol. The van der Waals surface area contributed by atoms with Gasteiger partial charge in [-0.3, -0.25) is 9.80 Å². The predicted octanol–water partition coefficient (Wildman–Crippen LogP) is 2.79. The maximum absolute atomic E-state index is 3.36. The van der Waals surface area contributed by atoms with Crippen LogP contribution < -0.4 is 0 Å². The minimum atomic E-state index is -0.139. The predicted molar refractivity (Wildman–Crippen MR) is 70.3 cm³/mol. The molecular weight excluding hydrogens is 199 g/mol. The van der Waals surface area contributed by atoms with Crippen molar-refractivity contribution in [3.8, 4) is 0 Å². The zero-order valence-electron chi connectivity index (χ0n) is 11.5. The molecule has 1 heterocycles. The van der Waals surface area contributed by atoms with E-state index < -0.39 is 0 Å². The van der Waals surface area contributed by atoms with Crippen molar-refractivity contribution in [1.82, 2.24) is 9.80 Å². The quantitative estimate of drug-likeness (QED) is 0.668. The van der Waals surface area contributed by atoms with Crippen molar-refractivity contribution < 1.29 is 0 Å². The highest BCUT2D eigenvalue weighted by atomic mass is 27.2. The van der Waals surface area contributed by atoms with E-state index in [0.29, 0.717) is 12.1 Å². The third-order valence-corrected chi connectivity index (χ3v) is 2.09. The van der Waals surface area contributed by atoms with Crippen molar-refractivity contribution in [3.63, 3.8) is 0 Å². The maximum Gasteiger partial charge on any atom is 0.251 e. The largest absolute Gasteiger partial charge is 0.276 e. The van der Waals surface area contributed by atoms with Crippen LogP contribution in [0, 0.1) is 6.67 Å². The smallest absolute Gasteiger partial charge is 0.251 e. The van der Waals surface area contributed by atoms with Gasteiger partial charge in [-0.25, -0.2) is 0 Å². The first kappa shape index (κ1) is 15.5. The molecule has 1 aliphatic rings. The molecule has 0 unspecified atom stereocenters. The minimum Gasteiger partial charge on any atom is -0.276 e. The van der Waals surface area contributed by atoms with Gasteiger partial charge in [0.25, 0.3) is 14.1 Å². The summed E-state index contributed by atoms with van der Waals surface area (Å²) in [6.07, 6.45) is 0. The molecule has 0 amide bonds. The van der Waals surface area contributed by atoms with Crippen LogP contribution in [-0.4, -0.2) is 49.1 Å². The molecule has 0 saturated carbocycles. The van der Waals surface area contributed by atoms with Crippen LogP contribution in [0.1, 0.15) is 27.7 Å². The van der Waals surface area contributed by atoms with Crippen LogP contribution in [0.15, 0.2) is 0 Å². The van der Waals surface area contributed by atoms with Gasteiger partial charge in [-0.1, -0.05) is 0 Å². The standard InChI is InChI=1S/C9H18N2.3CH3.Al/c1-8(2)10-5-6-11(7-10)9(3)4;;;;/h8-9H,5-6H2,1-4H3;3*1H3;. The van der Waals surface area contributed by atoms with Crippen molar-refractivity contribution >= 4 is 14.1 Å². The SMILES string of the molecule is CC(C)N1[C]N(C(C)C)CC1.[CH3][Al]([CH3])[CH3]. The fourth-order valence-electron chi connectivity index (χ4n) is 1.23. The zero-order valence-corrected chi connectivity index (χ0v) is 12.7. The second-order valence-corrected chi connectivity index (χ2v) is 8.87. The summed E-state index contributed by atoms with van der Waals surface area (Å²) in [6, 6.07) is 1.19. The van der Waals surface area contributed by atoms with E-state index in [1.165, 1.54) is 0 Å². The van der Waals surface area contributed by atoms with Crippen LogP contribution in [-0.2, 0) is 0 Å². The Balaban J connectivity index is 0.000000423. The van der Waals surface area contributed by atoms with Crippen molar-refractivity contribution in [3.05, 3.63) is 6.67 Å². The molecule has 0 aromatic carbocycles. The first-order valence-corrected chi connectivity index (χ1v) is 9.60. The topological polar surface area (TPSA) is 6.48 Å². The molecule has 2 radical (unpaired) electrons. The van der Waals surface area contributed by atoms with Crippen molar-refractivity contribution in [2.45, 2.75) is 57.1 Å². The summed E-state index contributed by atoms with van der Waals surface area (Å²) in [7, 11) is 0. The molecule has 2 nitrogen and oxygen atoms in total. The van der Waals surface area contributed by atoms with Gasteiger partial charge in [0.1, 0.15) is 6.67 Å². The van der Waals surface area contributed by atoms with Crippen LogP contribution in [0.2, 0.25) is 17.4 Å². The summed E-state index contributed by atoms with van der Waals surface area (Å²) < 4.78 is 0. The van der Waals surface area contributed by atoms with Crippen LogP contribution in [0.5, 0.6) is 0 Å². The molecule has 0 aromatic rings. The lowest BCUT2D eigenvalue weighted by atomic mass is 10.3. The normalized spacial score (nSPS) is 18.2. The van der Waals surface area contributed by atoms with Crippen LogP contribution >= 0.6 is 0 Å². The second-order valence-electron chi connectivity index (χ2n) is 5.41. The average molecular weight is 226 g/mol. The van der Waals surface area contributed by atoms with Gasteiger partial charge >= 0.3 is 0 Å². The summed E-state index contributed by atoms with van der Waals surface area (Å²) in [5.41, 5.74) is 0. The van der Waals surface area contributed by atoms with Crippen molar-refractivity contribution in [1.29, 1.82) is 0 Å². The maximum atomic E-state index is 3.36. The molecule has 0 aliphatic carbocycles. The van der Waals surface area contributed by atoms with Gasteiger partial charge in [0.05, 0.1) is 0 Å². The lowest BCUT2D eigenvalue weighted by Gasteiger charge is -2.21. The molecule has 1 rings (SSSR count). The highest BCUT2D eigenvalue weighted by Crippen LogP contribution is 2.15. The Labute approximate surface area is 101 Å². The molecule has 0 atom stereocenters. The van der Waals surface area contributed by atoms with Crippen LogP contribution in [0.25, 0.3) is 0 Å². The summed E-state index contributed by atoms with van der Waals surface area (Å²) in [5, 5.41) is 0. The Bertz CT molecular complexity index is 141. The third-order valence-electron chi connectivity index (χ3n) is 2.09. The molecule has 0 aromatic heterocycles. The van der Waals surface area contributed by atoms with Gasteiger partial charge in [0, 0.05) is 25.2 Å². The van der Waals surface area contributed by atoms with Gasteiger partial charge in [-0.15, -0.1) is 17.4 Å². The van der Waals surface area contributed by atoms with Crippen LogP contribution in [0.4, 0.5) is 0 Å². The van der Waals surface area contributed by atoms with E-state index in [9.17, 15) is 0 Å². The first-order valence-electron chi connectivity index (χ1n) is 6.14. The van der Waals surface area contributed by atoms with E-state index in [4.69, 9.17) is 0 Å². The lowest BCUT2D eigenvalue weighted by Crippen LogP contribution is -2.28. The Morgan fingerprint density at radius 3 is 1.27 bits per heavy atom. The van der Waals surface area contributed by atoms with E-state index in [1.807, 2.05) is 0 Å². The van der Waals surface area contributed by atoms with Gasteiger partial charge in [0.2, 0.25) is 0 Å². The van der Waals surface area contributed by atoms with Gasteiger partial charge in [-0.2, -0.15) is 0 Å². The molecule has 88 valence electrons. The molecule has 0 spiro atoms. The summed E-state index contributed by atoms with van der Waals surface area (Å²) in [5.74, 6) is 6.92. The molecule has 1 saturated heterocycles. The Hall–Kier alpha value is 0.452. The van der Waals surface area contributed by atoms with Gasteiger partial charge in [0.15, 0.2) is 0 Å². The summed E-state index contributed by atoms with van der Waals surface area (Å²) in [6.45, 7) is 14.4. The molecule has 1 aliphatic heterocycles. The Morgan fingerprint density at radius 1 is 0.867 bits per heavy atom. The van der Waals surface area contributed by atoms with Gasteiger partial charge < -0.3 is 0 Å². The van der Waals surface area contributed by atoms with Gasteiger partial charge in [-0.05, 0) is 27.7 Å². The highest BCUT2D eigenvalue weighted by Gasteiger charge is 2.24. The number of hydrogen-bond donors (Lipinski definition) is 0. The minimum absolute atomic E-state index is 0.139. The molecule has 0 N–H and O–H groups in total.